The Morgan fingerprint density at radius 3 is 2.62 bits per heavy atom. The molecule has 0 aliphatic heterocycles. The maximum Gasteiger partial charge on any atom is 0.267 e. The Morgan fingerprint density at radius 2 is 1.97 bits per heavy atom. The van der Waals surface area contributed by atoms with E-state index < -0.39 is 5.91 Å². The van der Waals surface area contributed by atoms with E-state index in [0.717, 1.165) is 12.8 Å². The average Bonchev–Trinajstić information content (AvgIpc) is 2.71. The Morgan fingerprint density at radius 1 is 1.21 bits per heavy atom. The van der Waals surface area contributed by atoms with Crippen LogP contribution in [0.15, 0.2) is 43.0 Å². The summed E-state index contributed by atoms with van der Waals surface area (Å²) in [4.78, 5) is 32.4. The minimum atomic E-state index is -0.630. The molecule has 0 bridgehead atoms. The molecule has 1 fully saturated rings. The molecule has 0 spiro atoms. The number of nitrogens with zero attached hydrogens (tertiary/aromatic N) is 5. The lowest BCUT2D eigenvalue weighted by atomic mass is 9.60. The number of primary amides is 1. The van der Waals surface area contributed by atoms with Crippen LogP contribution in [0.25, 0.3) is 11.4 Å². The third-order valence-corrected chi connectivity index (χ3v) is 5.14. The van der Waals surface area contributed by atoms with E-state index in [1.54, 1.807) is 24.7 Å². The van der Waals surface area contributed by atoms with Crippen molar-refractivity contribution < 1.29 is 9.18 Å². The van der Waals surface area contributed by atoms with Gasteiger partial charge in [-0.15, -0.1) is 0 Å². The molecular weight excluding hydrogens is 373 g/mol. The summed E-state index contributed by atoms with van der Waals surface area (Å²) < 4.78 is 14.3. The summed E-state index contributed by atoms with van der Waals surface area (Å²) >= 11 is 0. The lowest BCUT2D eigenvalue weighted by Crippen LogP contribution is -2.47. The van der Waals surface area contributed by atoms with Gasteiger partial charge in [-0.3, -0.25) is 9.78 Å². The van der Waals surface area contributed by atoms with Gasteiger partial charge in [0, 0.05) is 36.7 Å². The number of hydrogen-bond acceptors (Lipinski definition) is 7. The van der Waals surface area contributed by atoms with Gasteiger partial charge in [0.15, 0.2) is 5.82 Å². The van der Waals surface area contributed by atoms with E-state index in [4.69, 9.17) is 5.73 Å². The zero-order valence-electron chi connectivity index (χ0n) is 15.8. The second kappa shape index (κ2) is 7.50. The molecule has 3 heterocycles. The van der Waals surface area contributed by atoms with Gasteiger partial charge in [0.05, 0.1) is 11.3 Å². The van der Waals surface area contributed by atoms with Crippen molar-refractivity contribution >= 4 is 11.9 Å². The number of pyridine rings is 1. The van der Waals surface area contributed by atoms with Crippen molar-refractivity contribution in [3.05, 3.63) is 60.2 Å². The van der Waals surface area contributed by atoms with Crippen LogP contribution in [0.4, 0.5) is 10.3 Å². The Hall–Kier alpha value is -3.49. The van der Waals surface area contributed by atoms with Crippen LogP contribution in [-0.2, 0) is 5.41 Å². The Bertz CT molecular complexity index is 1040. The molecule has 3 aromatic rings. The van der Waals surface area contributed by atoms with Crippen LogP contribution >= 0.6 is 0 Å². The van der Waals surface area contributed by atoms with E-state index >= 15 is 0 Å². The molecule has 3 aromatic heterocycles. The van der Waals surface area contributed by atoms with E-state index in [-0.39, 0.29) is 16.9 Å². The number of rotatable bonds is 6. The molecule has 8 nitrogen and oxygen atoms in total. The molecule has 0 saturated heterocycles. The minimum absolute atomic E-state index is 0.121. The number of nitrogens with two attached hydrogens (primary N) is 1. The van der Waals surface area contributed by atoms with E-state index in [9.17, 15) is 9.18 Å². The SMILES string of the molecule is CC1CC(CNc2ncc(-c3nccc(C(N)=O)n3)cn2)(c2ncccc2F)C1. The molecule has 148 valence electrons. The first kappa shape index (κ1) is 18.9. The standard InChI is InChI=1S/C20H20FN7O/c1-12-7-20(8-12,16-14(21)3-2-5-23-16)11-27-19-25-9-13(10-26-19)18-24-6-4-15(28-18)17(22)29/h2-6,9-10,12H,7-8,11H2,1H3,(H2,22,29)(H,25,26,27). The van der Waals surface area contributed by atoms with Gasteiger partial charge < -0.3 is 11.1 Å². The van der Waals surface area contributed by atoms with Gasteiger partial charge in [-0.2, -0.15) is 0 Å². The van der Waals surface area contributed by atoms with Crippen LogP contribution in [0.2, 0.25) is 0 Å². The normalized spacial score (nSPS) is 20.7. The number of carbonyl (C=O) groups is 1. The Balaban J connectivity index is 1.50. The van der Waals surface area contributed by atoms with E-state index in [0.29, 0.717) is 35.5 Å². The summed E-state index contributed by atoms with van der Waals surface area (Å²) in [6.07, 6.45) is 7.89. The van der Waals surface area contributed by atoms with Gasteiger partial charge in [0.25, 0.3) is 5.91 Å². The summed E-state index contributed by atoms with van der Waals surface area (Å²) in [5, 5.41) is 3.20. The lowest BCUT2D eigenvalue weighted by Gasteiger charge is -2.46. The zero-order valence-corrected chi connectivity index (χ0v) is 15.8. The predicted molar refractivity (Wildman–Crippen MR) is 104 cm³/mol. The average molecular weight is 393 g/mol. The van der Waals surface area contributed by atoms with Crippen LogP contribution in [-0.4, -0.2) is 37.4 Å². The second-order valence-electron chi connectivity index (χ2n) is 7.41. The molecule has 4 rings (SSSR count). The number of halogens is 1. The minimum Gasteiger partial charge on any atom is -0.364 e. The molecule has 29 heavy (non-hydrogen) atoms. The molecule has 0 radical (unpaired) electrons. The van der Waals surface area contributed by atoms with Crippen molar-refractivity contribution in [3.8, 4) is 11.4 Å². The maximum absolute atomic E-state index is 14.3. The highest BCUT2D eigenvalue weighted by Gasteiger charge is 2.46. The maximum atomic E-state index is 14.3. The molecular formula is C20H20FN7O. The van der Waals surface area contributed by atoms with Gasteiger partial charge in [-0.05, 0) is 37.0 Å². The van der Waals surface area contributed by atoms with Gasteiger partial charge in [-0.25, -0.2) is 24.3 Å². The molecule has 1 amide bonds. The number of nitrogens with one attached hydrogen (secondary N) is 1. The van der Waals surface area contributed by atoms with Crippen molar-refractivity contribution in [2.45, 2.75) is 25.2 Å². The fourth-order valence-electron chi connectivity index (χ4n) is 3.89. The first-order chi connectivity index (χ1) is 14.0. The lowest BCUT2D eigenvalue weighted by molar-refractivity contribution is 0.0995. The van der Waals surface area contributed by atoms with E-state index in [2.05, 4.69) is 37.2 Å². The number of hydrogen-bond donors (Lipinski definition) is 2. The van der Waals surface area contributed by atoms with E-state index in [1.165, 1.54) is 18.3 Å². The van der Waals surface area contributed by atoms with Gasteiger partial charge in [0.1, 0.15) is 11.5 Å². The second-order valence-corrected chi connectivity index (χ2v) is 7.41. The molecule has 3 N–H and O–H groups in total. The van der Waals surface area contributed by atoms with Crippen LogP contribution in [0, 0.1) is 11.7 Å². The van der Waals surface area contributed by atoms with Crippen molar-refractivity contribution in [1.82, 2.24) is 24.9 Å². The van der Waals surface area contributed by atoms with Crippen LogP contribution in [0.1, 0.15) is 35.9 Å². The summed E-state index contributed by atoms with van der Waals surface area (Å²) in [5.41, 5.74) is 6.04. The predicted octanol–water partition coefficient (Wildman–Crippen LogP) is 2.35. The van der Waals surface area contributed by atoms with Crippen molar-refractivity contribution in [1.29, 1.82) is 0 Å². The van der Waals surface area contributed by atoms with Gasteiger partial charge in [-0.1, -0.05) is 6.92 Å². The first-order valence-electron chi connectivity index (χ1n) is 9.27. The zero-order chi connectivity index (χ0) is 20.4. The third kappa shape index (κ3) is 3.75. The molecule has 1 saturated carbocycles. The Kier molecular flexibility index (Phi) is 4.87. The van der Waals surface area contributed by atoms with Crippen LogP contribution < -0.4 is 11.1 Å². The highest BCUT2D eigenvalue weighted by molar-refractivity contribution is 5.91. The van der Waals surface area contributed by atoms with E-state index in [1.807, 2.05) is 0 Å². The molecule has 0 aromatic carbocycles. The van der Waals surface area contributed by atoms with Crippen molar-refractivity contribution in [2.24, 2.45) is 11.7 Å². The molecule has 0 atom stereocenters. The number of amides is 1. The van der Waals surface area contributed by atoms with Crippen LogP contribution in [0.5, 0.6) is 0 Å². The fourth-order valence-corrected chi connectivity index (χ4v) is 3.89. The highest BCUT2D eigenvalue weighted by atomic mass is 19.1. The molecule has 1 aliphatic rings. The third-order valence-electron chi connectivity index (χ3n) is 5.14. The van der Waals surface area contributed by atoms with Gasteiger partial charge >= 0.3 is 0 Å². The van der Waals surface area contributed by atoms with Crippen LogP contribution in [0.3, 0.4) is 0 Å². The highest BCUT2D eigenvalue weighted by Crippen LogP contribution is 2.47. The van der Waals surface area contributed by atoms with Crippen molar-refractivity contribution in [3.63, 3.8) is 0 Å². The first-order valence-corrected chi connectivity index (χ1v) is 9.27. The number of carbonyl (C=O) groups excluding carboxylic acids is 1. The molecule has 0 unspecified atom stereocenters. The summed E-state index contributed by atoms with van der Waals surface area (Å²) in [6.45, 7) is 2.63. The fraction of sp³-hybridized carbons (Fsp3) is 0.300. The number of anilines is 1. The monoisotopic (exact) mass is 393 g/mol. The summed E-state index contributed by atoms with van der Waals surface area (Å²) in [6, 6.07) is 4.48. The number of aromatic nitrogens is 5. The quantitative estimate of drug-likeness (QED) is 0.659. The summed E-state index contributed by atoms with van der Waals surface area (Å²) in [7, 11) is 0. The molecule has 1 aliphatic carbocycles. The Labute approximate surface area is 166 Å². The topological polar surface area (TPSA) is 120 Å². The van der Waals surface area contributed by atoms with Crippen molar-refractivity contribution in [2.75, 3.05) is 11.9 Å². The largest absolute Gasteiger partial charge is 0.364 e. The van der Waals surface area contributed by atoms with Gasteiger partial charge in [0.2, 0.25) is 5.95 Å². The molecule has 9 heteroatoms. The smallest absolute Gasteiger partial charge is 0.267 e. The summed E-state index contributed by atoms with van der Waals surface area (Å²) in [5.74, 6) is 0.317.